The fourth-order valence-corrected chi connectivity index (χ4v) is 4.40. The van der Waals surface area contributed by atoms with Crippen molar-refractivity contribution in [3.05, 3.63) is 66.7 Å². The van der Waals surface area contributed by atoms with Crippen LogP contribution in [0.25, 0.3) is 22.5 Å². The van der Waals surface area contributed by atoms with E-state index in [0.29, 0.717) is 0 Å². The van der Waals surface area contributed by atoms with Gasteiger partial charge in [0, 0.05) is 0 Å². The van der Waals surface area contributed by atoms with Crippen molar-refractivity contribution in [2.24, 2.45) is 0 Å². The van der Waals surface area contributed by atoms with Crippen LogP contribution in [0.1, 0.15) is 55.4 Å². The Balaban J connectivity index is 1.42. The van der Waals surface area contributed by atoms with Crippen LogP contribution in [0.4, 0.5) is 0 Å². The number of pyridine rings is 1. The molecule has 5 rings (SSSR count). The second-order valence-electron chi connectivity index (χ2n) is 11.8. The van der Waals surface area contributed by atoms with E-state index in [9.17, 15) is 0 Å². The largest absolute Gasteiger partial charge is 0.494 e. The summed E-state index contributed by atoms with van der Waals surface area (Å²) in [6, 6.07) is 22.6. The predicted octanol–water partition coefficient (Wildman–Crippen LogP) is 5.01. The van der Waals surface area contributed by atoms with Crippen LogP contribution in [0, 0.1) is 0 Å². The number of hydrogen-bond donors (Lipinski definition) is 0. The highest BCUT2D eigenvalue weighted by atomic mass is 16.7. The Morgan fingerprint density at radius 2 is 0.833 bits per heavy atom. The lowest BCUT2D eigenvalue weighted by Gasteiger charge is -2.32. The SMILES string of the molecule is CC1(C)OB(c2cccc(-c3cccc(-c4cccc(B5OC(C)(C)C(C)(C)O5)c4)n3)c2)OC1(C)C. The molecular formula is C29H35B2NO4. The van der Waals surface area contributed by atoms with Gasteiger partial charge in [-0.25, -0.2) is 4.98 Å². The molecule has 0 saturated carbocycles. The van der Waals surface area contributed by atoms with E-state index in [-0.39, 0.29) is 22.4 Å². The molecule has 0 aliphatic carbocycles. The molecular weight excluding hydrogens is 448 g/mol. The third-order valence-electron chi connectivity index (χ3n) is 8.16. The average Bonchev–Trinajstić information content (AvgIpc) is 3.19. The van der Waals surface area contributed by atoms with E-state index < -0.39 is 14.2 Å². The van der Waals surface area contributed by atoms with Gasteiger partial charge in [0.1, 0.15) is 0 Å². The molecule has 0 amide bonds. The summed E-state index contributed by atoms with van der Waals surface area (Å²) in [4.78, 5) is 5.00. The lowest BCUT2D eigenvalue weighted by molar-refractivity contribution is 0.00578. The van der Waals surface area contributed by atoms with Gasteiger partial charge in [0.2, 0.25) is 0 Å². The Morgan fingerprint density at radius 3 is 1.19 bits per heavy atom. The normalized spacial score (nSPS) is 21.7. The lowest BCUT2D eigenvalue weighted by atomic mass is 9.78. The van der Waals surface area contributed by atoms with E-state index in [1.54, 1.807) is 0 Å². The molecule has 0 spiro atoms. The molecule has 2 fully saturated rings. The summed E-state index contributed by atoms with van der Waals surface area (Å²) in [5.41, 5.74) is 4.28. The van der Waals surface area contributed by atoms with Crippen molar-refractivity contribution in [3.63, 3.8) is 0 Å². The molecule has 3 aromatic rings. The van der Waals surface area contributed by atoms with Crippen LogP contribution in [0.15, 0.2) is 66.7 Å². The van der Waals surface area contributed by atoms with Crippen LogP contribution in [0.2, 0.25) is 0 Å². The van der Waals surface area contributed by atoms with Gasteiger partial charge in [-0.15, -0.1) is 0 Å². The van der Waals surface area contributed by atoms with Crippen molar-refractivity contribution in [2.45, 2.75) is 77.8 Å². The second kappa shape index (κ2) is 8.56. The molecule has 3 heterocycles. The highest BCUT2D eigenvalue weighted by Gasteiger charge is 2.52. The van der Waals surface area contributed by atoms with Crippen LogP contribution in [-0.4, -0.2) is 41.6 Å². The summed E-state index contributed by atoms with van der Waals surface area (Å²) in [6.45, 7) is 16.6. The van der Waals surface area contributed by atoms with E-state index in [2.05, 4.69) is 79.7 Å². The van der Waals surface area contributed by atoms with Crippen molar-refractivity contribution < 1.29 is 18.6 Å². The van der Waals surface area contributed by atoms with E-state index in [4.69, 9.17) is 23.6 Å². The van der Waals surface area contributed by atoms with Gasteiger partial charge in [-0.3, -0.25) is 0 Å². The van der Waals surface area contributed by atoms with Gasteiger partial charge in [-0.05, 0) is 89.6 Å². The fourth-order valence-electron chi connectivity index (χ4n) is 4.40. The van der Waals surface area contributed by atoms with Crippen molar-refractivity contribution >= 4 is 25.2 Å². The third kappa shape index (κ3) is 4.43. The van der Waals surface area contributed by atoms with Crippen molar-refractivity contribution in [1.82, 2.24) is 4.98 Å². The van der Waals surface area contributed by atoms with E-state index >= 15 is 0 Å². The minimum atomic E-state index is -0.408. The second-order valence-corrected chi connectivity index (χ2v) is 11.8. The smallest absolute Gasteiger partial charge is 0.399 e. The zero-order valence-electron chi connectivity index (χ0n) is 22.6. The zero-order chi connectivity index (χ0) is 25.9. The van der Waals surface area contributed by atoms with Gasteiger partial charge in [0.25, 0.3) is 0 Å². The summed E-state index contributed by atoms with van der Waals surface area (Å²) < 4.78 is 25.0. The minimum absolute atomic E-state index is 0.381. The van der Waals surface area contributed by atoms with Gasteiger partial charge in [-0.1, -0.05) is 54.6 Å². The minimum Gasteiger partial charge on any atom is -0.399 e. The van der Waals surface area contributed by atoms with Crippen LogP contribution in [0.5, 0.6) is 0 Å². The molecule has 0 atom stereocenters. The quantitative estimate of drug-likeness (QED) is 0.489. The lowest BCUT2D eigenvalue weighted by Crippen LogP contribution is -2.41. The average molecular weight is 483 g/mol. The third-order valence-corrected chi connectivity index (χ3v) is 8.16. The maximum Gasteiger partial charge on any atom is 0.494 e. The molecule has 36 heavy (non-hydrogen) atoms. The fraction of sp³-hybridized carbons (Fsp3) is 0.414. The van der Waals surface area contributed by atoms with Crippen molar-refractivity contribution in [1.29, 1.82) is 0 Å². The Morgan fingerprint density at radius 1 is 0.500 bits per heavy atom. The van der Waals surface area contributed by atoms with Gasteiger partial charge in [0.05, 0.1) is 33.8 Å². The summed E-state index contributed by atoms with van der Waals surface area (Å²) in [5, 5.41) is 0. The van der Waals surface area contributed by atoms with Crippen LogP contribution in [-0.2, 0) is 18.6 Å². The van der Waals surface area contributed by atoms with Gasteiger partial charge in [0.15, 0.2) is 0 Å². The number of hydrogen-bond acceptors (Lipinski definition) is 5. The summed E-state index contributed by atoms with van der Waals surface area (Å²) in [6.07, 6.45) is 0. The maximum atomic E-state index is 6.26. The van der Waals surface area contributed by atoms with Gasteiger partial charge < -0.3 is 18.6 Å². The summed E-state index contributed by atoms with van der Waals surface area (Å²) >= 11 is 0. The predicted molar refractivity (Wildman–Crippen MR) is 147 cm³/mol. The first-order valence-corrected chi connectivity index (χ1v) is 12.7. The molecule has 186 valence electrons. The number of benzene rings is 2. The Hall–Kier alpha value is -2.44. The van der Waals surface area contributed by atoms with E-state index in [1.165, 1.54) is 0 Å². The van der Waals surface area contributed by atoms with Gasteiger partial charge >= 0.3 is 14.2 Å². The monoisotopic (exact) mass is 483 g/mol. The molecule has 2 aliphatic heterocycles. The first-order chi connectivity index (χ1) is 16.8. The molecule has 2 aliphatic rings. The van der Waals surface area contributed by atoms with Crippen LogP contribution in [0.3, 0.4) is 0 Å². The number of rotatable bonds is 4. The summed E-state index contributed by atoms with van der Waals surface area (Å²) in [5.74, 6) is 0. The molecule has 0 N–H and O–H groups in total. The highest BCUT2D eigenvalue weighted by molar-refractivity contribution is 6.62. The molecule has 2 aromatic carbocycles. The Kier molecular flexibility index (Phi) is 6.00. The molecule has 0 radical (unpaired) electrons. The molecule has 0 bridgehead atoms. The number of nitrogens with zero attached hydrogens (tertiary/aromatic N) is 1. The van der Waals surface area contributed by atoms with Gasteiger partial charge in [-0.2, -0.15) is 0 Å². The summed E-state index contributed by atoms with van der Waals surface area (Å²) in [7, 11) is -0.815. The molecule has 0 unspecified atom stereocenters. The van der Waals surface area contributed by atoms with Crippen LogP contribution < -0.4 is 10.9 Å². The molecule has 7 heteroatoms. The van der Waals surface area contributed by atoms with Crippen molar-refractivity contribution in [2.75, 3.05) is 0 Å². The maximum absolute atomic E-state index is 6.26. The molecule has 5 nitrogen and oxygen atoms in total. The van der Waals surface area contributed by atoms with E-state index in [1.807, 2.05) is 42.5 Å². The molecule has 2 saturated heterocycles. The Bertz CT molecular complexity index is 1160. The topological polar surface area (TPSA) is 49.8 Å². The van der Waals surface area contributed by atoms with Crippen molar-refractivity contribution in [3.8, 4) is 22.5 Å². The zero-order valence-corrected chi connectivity index (χ0v) is 22.6. The molecule has 1 aromatic heterocycles. The first-order valence-electron chi connectivity index (χ1n) is 12.7. The highest BCUT2D eigenvalue weighted by Crippen LogP contribution is 2.38. The Labute approximate surface area is 215 Å². The number of aromatic nitrogens is 1. The van der Waals surface area contributed by atoms with E-state index in [0.717, 1.165) is 33.4 Å². The first kappa shape index (κ1) is 25.2. The standard InChI is InChI=1S/C29H35B2NO4/c1-26(2)27(3,4)34-30(33-26)22-14-9-12-20(18-22)24-16-11-17-25(32-24)21-13-10-15-23(19-21)31-35-28(5,6)29(7,8)36-31/h9-19H,1-8H3. The van der Waals surface area contributed by atoms with Crippen LogP contribution >= 0.6 is 0 Å².